The Morgan fingerprint density at radius 2 is 1.04 bits per heavy atom. The van der Waals surface area contributed by atoms with Crippen LogP contribution in [-0.4, -0.2) is 25.9 Å². The molecule has 25 heavy (non-hydrogen) atoms. The smallest absolute Gasteiger partial charge is 0.744 e. The van der Waals surface area contributed by atoms with Gasteiger partial charge in [-0.1, -0.05) is 38.1 Å². The summed E-state index contributed by atoms with van der Waals surface area (Å²) in [7, 11) is -8.57. The molecule has 2 aromatic rings. The molecular weight excluding hydrogens is 408 g/mol. The van der Waals surface area contributed by atoms with E-state index in [1.54, 1.807) is 24.3 Å². The molecule has 6 nitrogen and oxygen atoms in total. The minimum Gasteiger partial charge on any atom is -0.744 e. The van der Waals surface area contributed by atoms with Gasteiger partial charge in [0.15, 0.2) is 0 Å². The van der Waals surface area contributed by atoms with Gasteiger partial charge in [-0.25, -0.2) is 16.8 Å². The van der Waals surface area contributed by atoms with E-state index in [-0.39, 0.29) is 26.9 Å². The third-order valence-electron chi connectivity index (χ3n) is 3.19. The maximum Gasteiger partial charge on any atom is 2.00 e. The standard InChI is InChI=1S/2C8H10O3S.Fe/c2*1-2-7-4-3-5-8(6-7)12(9,10)11;/h2*3-6H,2H2,1H3,(H,9,10,11);/q;;+2/p-2. The predicted molar refractivity (Wildman–Crippen MR) is 87.6 cm³/mol. The Bertz CT molecular complexity index is 817. The second-order valence-corrected chi connectivity index (χ2v) is 7.67. The molecule has 0 aromatic heterocycles. The average molecular weight is 426 g/mol. The summed E-state index contributed by atoms with van der Waals surface area (Å²) in [4.78, 5) is -0.302. The molecule has 2 rings (SSSR count). The molecule has 0 amide bonds. The average Bonchev–Trinajstić information content (AvgIpc) is 2.54. The van der Waals surface area contributed by atoms with E-state index >= 15 is 0 Å². The summed E-state index contributed by atoms with van der Waals surface area (Å²) in [6.45, 7) is 3.80. The van der Waals surface area contributed by atoms with E-state index in [1.807, 2.05) is 13.8 Å². The summed E-state index contributed by atoms with van der Waals surface area (Å²) in [6.07, 6.45) is 1.45. The molecule has 0 radical (unpaired) electrons. The van der Waals surface area contributed by atoms with Gasteiger partial charge in [0.05, 0.1) is 9.79 Å². The van der Waals surface area contributed by atoms with Crippen molar-refractivity contribution < 1.29 is 43.0 Å². The first-order chi connectivity index (χ1) is 11.1. The largest absolute Gasteiger partial charge is 2.00 e. The molecule has 0 aliphatic carbocycles. The van der Waals surface area contributed by atoms with Crippen LogP contribution in [0.15, 0.2) is 58.3 Å². The van der Waals surface area contributed by atoms with E-state index in [1.165, 1.54) is 24.3 Å². The second-order valence-electron chi connectivity index (χ2n) is 4.91. The Morgan fingerprint density at radius 1 is 0.720 bits per heavy atom. The molecule has 9 heteroatoms. The van der Waals surface area contributed by atoms with Gasteiger partial charge in [0.2, 0.25) is 0 Å². The maximum atomic E-state index is 10.5. The summed E-state index contributed by atoms with van der Waals surface area (Å²) < 4.78 is 63.3. The first kappa shape index (κ1) is 23.8. The molecule has 0 unspecified atom stereocenters. The zero-order valence-electron chi connectivity index (χ0n) is 13.7. The molecule has 0 atom stereocenters. The van der Waals surface area contributed by atoms with Gasteiger partial charge in [-0.15, -0.1) is 0 Å². The third-order valence-corrected chi connectivity index (χ3v) is 4.85. The fourth-order valence-corrected chi connectivity index (χ4v) is 2.92. The van der Waals surface area contributed by atoms with Gasteiger partial charge in [-0.2, -0.15) is 0 Å². The van der Waals surface area contributed by atoms with E-state index in [0.29, 0.717) is 0 Å². The molecule has 0 spiro atoms. The summed E-state index contributed by atoms with van der Waals surface area (Å²) >= 11 is 0. The molecule has 2 aromatic carbocycles. The molecular formula is C16H18FeO6S2. The molecule has 0 bridgehead atoms. The number of aryl methyl sites for hydroxylation is 2. The van der Waals surface area contributed by atoms with Crippen LogP contribution < -0.4 is 0 Å². The van der Waals surface area contributed by atoms with Crippen LogP contribution in [0.1, 0.15) is 25.0 Å². The molecule has 0 saturated carbocycles. The first-order valence-corrected chi connectivity index (χ1v) is 9.99. The topological polar surface area (TPSA) is 114 Å². The summed E-state index contributed by atoms with van der Waals surface area (Å²) in [5.41, 5.74) is 1.71. The van der Waals surface area contributed by atoms with E-state index in [2.05, 4.69) is 0 Å². The molecule has 0 saturated heterocycles. The van der Waals surface area contributed by atoms with Crippen LogP contribution in [-0.2, 0) is 50.1 Å². The summed E-state index contributed by atoms with van der Waals surface area (Å²) in [5, 5.41) is 0. The first-order valence-electron chi connectivity index (χ1n) is 7.17. The van der Waals surface area contributed by atoms with E-state index in [4.69, 9.17) is 0 Å². The second kappa shape index (κ2) is 10.1. The minimum absolute atomic E-state index is 0. The van der Waals surface area contributed by atoms with Gasteiger partial charge in [0.25, 0.3) is 0 Å². The van der Waals surface area contributed by atoms with E-state index in [0.717, 1.165) is 24.0 Å². The quantitative estimate of drug-likeness (QED) is 0.548. The molecule has 0 heterocycles. The molecule has 0 aliphatic rings. The van der Waals surface area contributed by atoms with Crippen LogP contribution in [0.2, 0.25) is 0 Å². The zero-order chi connectivity index (χ0) is 18.4. The van der Waals surface area contributed by atoms with Crippen molar-refractivity contribution in [2.75, 3.05) is 0 Å². The molecule has 138 valence electrons. The van der Waals surface area contributed by atoms with Gasteiger partial charge in [-0.3, -0.25) is 0 Å². The van der Waals surface area contributed by atoms with Crippen LogP contribution in [0, 0.1) is 0 Å². The van der Waals surface area contributed by atoms with Crippen molar-refractivity contribution in [3.63, 3.8) is 0 Å². The van der Waals surface area contributed by atoms with Crippen molar-refractivity contribution in [2.45, 2.75) is 36.5 Å². The van der Waals surface area contributed by atoms with Gasteiger partial charge >= 0.3 is 17.1 Å². The zero-order valence-corrected chi connectivity index (χ0v) is 16.4. The van der Waals surface area contributed by atoms with Crippen LogP contribution >= 0.6 is 0 Å². The van der Waals surface area contributed by atoms with Crippen molar-refractivity contribution in [2.24, 2.45) is 0 Å². The molecule has 0 N–H and O–H groups in total. The predicted octanol–water partition coefficient (Wildman–Crippen LogP) is 2.30. The normalized spacial score (nSPS) is 11.0. The van der Waals surface area contributed by atoms with Crippen molar-refractivity contribution in [3.8, 4) is 0 Å². The maximum absolute atomic E-state index is 10.5. The Hall–Kier alpha value is -1.22. The van der Waals surface area contributed by atoms with E-state index < -0.39 is 20.2 Å². The molecule has 0 fully saturated rings. The van der Waals surface area contributed by atoms with Crippen LogP contribution in [0.4, 0.5) is 0 Å². The minimum atomic E-state index is -4.29. The fourth-order valence-electron chi connectivity index (χ4n) is 1.84. The van der Waals surface area contributed by atoms with Gasteiger partial charge < -0.3 is 9.11 Å². The number of hydrogen-bond donors (Lipinski definition) is 0. The van der Waals surface area contributed by atoms with Crippen molar-refractivity contribution in [1.29, 1.82) is 0 Å². The Kier molecular flexibility index (Phi) is 9.57. The van der Waals surface area contributed by atoms with Gasteiger partial charge in [0.1, 0.15) is 20.2 Å². The third kappa shape index (κ3) is 8.13. The Morgan fingerprint density at radius 3 is 1.28 bits per heavy atom. The number of rotatable bonds is 4. The Labute approximate surface area is 159 Å². The van der Waals surface area contributed by atoms with Crippen LogP contribution in [0.5, 0.6) is 0 Å². The van der Waals surface area contributed by atoms with Crippen molar-refractivity contribution in [1.82, 2.24) is 0 Å². The summed E-state index contributed by atoms with van der Waals surface area (Å²) in [5.74, 6) is 0. The monoisotopic (exact) mass is 426 g/mol. The van der Waals surface area contributed by atoms with Gasteiger partial charge in [-0.05, 0) is 48.2 Å². The fraction of sp³-hybridized carbons (Fsp3) is 0.250. The molecule has 0 aliphatic heterocycles. The number of benzene rings is 2. The number of hydrogen-bond acceptors (Lipinski definition) is 6. The van der Waals surface area contributed by atoms with Crippen molar-refractivity contribution >= 4 is 20.2 Å². The van der Waals surface area contributed by atoms with Crippen LogP contribution in [0.25, 0.3) is 0 Å². The van der Waals surface area contributed by atoms with E-state index in [9.17, 15) is 25.9 Å². The summed E-state index contributed by atoms with van der Waals surface area (Å²) in [6, 6.07) is 12.1. The SMILES string of the molecule is CCc1cccc(S(=O)(=O)[O-])c1.CCc1cccc(S(=O)(=O)[O-])c1.[Fe+2]. The van der Waals surface area contributed by atoms with Crippen molar-refractivity contribution in [3.05, 3.63) is 59.7 Å². The van der Waals surface area contributed by atoms with Crippen LogP contribution in [0.3, 0.4) is 0 Å². The van der Waals surface area contributed by atoms with Gasteiger partial charge in [0, 0.05) is 0 Å². The Balaban J connectivity index is 0.000000443.